The van der Waals surface area contributed by atoms with Crippen molar-refractivity contribution >= 4 is 46.4 Å². The topological polar surface area (TPSA) is 70.6 Å². The molecule has 0 saturated heterocycles. The van der Waals surface area contributed by atoms with Crippen LogP contribution in [0.4, 0.5) is 5.69 Å². The minimum atomic E-state index is -0.317. The van der Waals surface area contributed by atoms with Crippen molar-refractivity contribution in [1.82, 2.24) is 5.43 Å². The van der Waals surface area contributed by atoms with Gasteiger partial charge in [-0.2, -0.15) is 5.10 Å². The quantitative estimate of drug-likeness (QED) is 0.172. The molecule has 0 unspecified atom stereocenters. The Morgan fingerprint density at radius 3 is 2.15 bits per heavy atom. The maximum Gasteiger partial charge on any atom is 0.257 e. The molecular weight excluding hydrogens is 457 g/mol. The van der Waals surface area contributed by atoms with Crippen LogP contribution in [0.15, 0.2) is 47.6 Å². The van der Waals surface area contributed by atoms with E-state index in [-0.39, 0.29) is 11.8 Å². The first-order valence-electron chi connectivity index (χ1n) is 11.6. The highest BCUT2D eigenvalue weighted by molar-refractivity contribution is 6.37. The molecule has 0 bridgehead atoms. The molecule has 0 aromatic heterocycles. The molecule has 2 N–H and O–H groups in total. The average Bonchev–Trinajstić information content (AvgIpc) is 2.79. The van der Waals surface area contributed by atoms with Gasteiger partial charge in [0, 0.05) is 17.1 Å². The van der Waals surface area contributed by atoms with E-state index in [0.717, 1.165) is 18.4 Å². The number of amides is 2. The van der Waals surface area contributed by atoms with Crippen LogP contribution in [0, 0.1) is 0 Å². The van der Waals surface area contributed by atoms with Gasteiger partial charge in [0.25, 0.3) is 5.91 Å². The van der Waals surface area contributed by atoms with Gasteiger partial charge in [0.15, 0.2) is 0 Å². The zero-order chi connectivity index (χ0) is 24.1. The van der Waals surface area contributed by atoms with Crippen LogP contribution < -0.4 is 10.7 Å². The minimum Gasteiger partial charge on any atom is -0.322 e. The van der Waals surface area contributed by atoms with Crippen LogP contribution in [0.3, 0.4) is 0 Å². The van der Waals surface area contributed by atoms with Crippen molar-refractivity contribution in [3.8, 4) is 0 Å². The number of nitrogens with one attached hydrogen (secondary N) is 2. The van der Waals surface area contributed by atoms with Crippen molar-refractivity contribution in [2.24, 2.45) is 5.10 Å². The van der Waals surface area contributed by atoms with E-state index in [2.05, 4.69) is 22.8 Å². The van der Waals surface area contributed by atoms with Crippen LogP contribution in [-0.4, -0.2) is 17.5 Å². The minimum absolute atomic E-state index is 0.0657. The summed E-state index contributed by atoms with van der Waals surface area (Å²) in [6.45, 7) is 4.05. The highest BCUT2D eigenvalue weighted by Gasteiger charge is 2.11. The fraction of sp³-hybridized carbons (Fsp3) is 0.423. The van der Waals surface area contributed by atoms with Crippen LogP contribution in [-0.2, 0) is 4.79 Å². The van der Waals surface area contributed by atoms with Gasteiger partial charge in [0.2, 0.25) is 5.91 Å². The number of rotatable bonds is 13. The SMILES string of the molecule is CCCCCCCCCCC(=O)NN=C(C)c1ccc(NC(=O)c2ccc(Cl)cc2Cl)cc1. The summed E-state index contributed by atoms with van der Waals surface area (Å²) in [4.78, 5) is 24.4. The lowest BCUT2D eigenvalue weighted by atomic mass is 10.1. The first-order valence-corrected chi connectivity index (χ1v) is 12.4. The van der Waals surface area contributed by atoms with Gasteiger partial charge in [-0.05, 0) is 49.2 Å². The Balaban J connectivity index is 1.75. The molecule has 7 heteroatoms. The average molecular weight is 490 g/mol. The molecule has 2 aromatic rings. The molecule has 0 heterocycles. The van der Waals surface area contributed by atoms with Gasteiger partial charge in [-0.3, -0.25) is 9.59 Å². The number of anilines is 1. The molecule has 33 heavy (non-hydrogen) atoms. The first kappa shape index (κ1) is 26.9. The van der Waals surface area contributed by atoms with E-state index < -0.39 is 0 Å². The van der Waals surface area contributed by atoms with E-state index >= 15 is 0 Å². The largest absolute Gasteiger partial charge is 0.322 e. The van der Waals surface area contributed by atoms with E-state index in [0.29, 0.717) is 33.4 Å². The lowest BCUT2D eigenvalue weighted by Crippen LogP contribution is -2.18. The third kappa shape index (κ3) is 9.97. The van der Waals surface area contributed by atoms with Crippen molar-refractivity contribution in [1.29, 1.82) is 0 Å². The number of carbonyl (C=O) groups excluding carboxylic acids is 2. The Bertz CT molecular complexity index is 943. The van der Waals surface area contributed by atoms with Gasteiger partial charge in [-0.25, -0.2) is 5.43 Å². The normalized spacial score (nSPS) is 11.3. The van der Waals surface area contributed by atoms with Crippen molar-refractivity contribution < 1.29 is 9.59 Å². The number of hydrogen-bond acceptors (Lipinski definition) is 3. The molecule has 2 rings (SSSR count). The molecule has 0 atom stereocenters. The Labute approximate surface area is 206 Å². The van der Waals surface area contributed by atoms with Gasteiger partial charge in [-0.15, -0.1) is 0 Å². The number of unbranched alkanes of at least 4 members (excludes halogenated alkanes) is 7. The number of hydrazone groups is 1. The molecule has 178 valence electrons. The fourth-order valence-electron chi connectivity index (χ4n) is 3.35. The summed E-state index contributed by atoms with van der Waals surface area (Å²) in [5.41, 5.74) is 5.15. The first-order chi connectivity index (χ1) is 15.9. The van der Waals surface area contributed by atoms with E-state index in [4.69, 9.17) is 23.2 Å². The molecule has 2 amide bonds. The van der Waals surface area contributed by atoms with E-state index in [9.17, 15) is 9.59 Å². The van der Waals surface area contributed by atoms with Gasteiger partial charge < -0.3 is 5.32 Å². The third-order valence-electron chi connectivity index (χ3n) is 5.34. The molecule has 0 spiro atoms. The van der Waals surface area contributed by atoms with Crippen molar-refractivity contribution in [3.05, 3.63) is 63.6 Å². The second-order valence-electron chi connectivity index (χ2n) is 8.11. The van der Waals surface area contributed by atoms with Crippen LogP contribution in [0.25, 0.3) is 0 Å². The number of nitrogens with zero attached hydrogens (tertiary/aromatic N) is 1. The molecule has 0 aliphatic carbocycles. The summed E-state index contributed by atoms with van der Waals surface area (Å²) >= 11 is 12.0. The number of carbonyl (C=O) groups is 2. The second-order valence-corrected chi connectivity index (χ2v) is 8.96. The summed E-state index contributed by atoms with van der Waals surface area (Å²) in [5.74, 6) is -0.382. The maximum absolute atomic E-state index is 12.4. The summed E-state index contributed by atoms with van der Waals surface area (Å²) in [5, 5.41) is 7.77. The summed E-state index contributed by atoms with van der Waals surface area (Å²) in [7, 11) is 0. The highest BCUT2D eigenvalue weighted by Crippen LogP contribution is 2.22. The lowest BCUT2D eigenvalue weighted by molar-refractivity contribution is -0.121. The molecular formula is C26H33Cl2N3O2. The smallest absolute Gasteiger partial charge is 0.257 e. The molecule has 0 saturated carbocycles. The van der Waals surface area contributed by atoms with Crippen LogP contribution >= 0.6 is 23.2 Å². The Morgan fingerprint density at radius 2 is 1.52 bits per heavy atom. The Morgan fingerprint density at radius 1 is 0.879 bits per heavy atom. The zero-order valence-corrected chi connectivity index (χ0v) is 20.9. The standard InChI is InChI=1S/C26H33Cl2N3O2/c1-3-4-5-6-7-8-9-10-11-25(32)31-30-19(2)20-12-15-22(16-13-20)29-26(33)23-17-14-21(27)18-24(23)28/h12-18H,3-11H2,1-2H3,(H,29,33)(H,31,32). The number of hydrogen-bond donors (Lipinski definition) is 2. The van der Waals surface area contributed by atoms with Crippen LogP contribution in [0.5, 0.6) is 0 Å². The van der Waals surface area contributed by atoms with Gasteiger partial charge in [0.1, 0.15) is 0 Å². The number of halogens is 2. The number of benzene rings is 2. The molecule has 0 aliphatic heterocycles. The van der Waals surface area contributed by atoms with Crippen molar-refractivity contribution in [3.63, 3.8) is 0 Å². The second kappa shape index (κ2) is 14.7. The summed E-state index contributed by atoms with van der Waals surface area (Å²) in [6, 6.07) is 12.0. The monoisotopic (exact) mass is 489 g/mol. The van der Waals surface area contributed by atoms with Gasteiger partial charge >= 0.3 is 0 Å². The zero-order valence-electron chi connectivity index (χ0n) is 19.4. The maximum atomic E-state index is 12.4. The predicted octanol–water partition coefficient (Wildman–Crippen LogP) is 7.62. The van der Waals surface area contributed by atoms with E-state index in [1.807, 2.05) is 19.1 Å². The summed E-state index contributed by atoms with van der Waals surface area (Å²) in [6.07, 6.45) is 10.1. The Hall–Kier alpha value is -2.37. The molecule has 0 radical (unpaired) electrons. The molecule has 5 nitrogen and oxygen atoms in total. The van der Waals surface area contributed by atoms with Crippen molar-refractivity contribution in [2.45, 2.75) is 71.6 Å². The van der Waals surface area contributed by atoms with E-state index in [1.165, 1.54) is 44.6 Å². The van der Waals surface area contributed by atoms with Crippen molar-refractivity contribution in [2.75, 3.05) is 5.32 Å². The fourth-order valence-corrected chi connectivity index (χ4v) is 3.85. The molecule has 2 aromatic carbocycles. The summed E-state index contributed by atoms with van der Waals surface area (Å²) < 4.78 is 0. The molecule has 0 fully saturated rings. The van der Waals surface area contributed by atoms with Crippen LogP contribution in [0.1, 0.15) is 87.6 Å². The Kier molecular flexibility index (Phi) is 12.0. The highest BCUT2D eigenvalue weighted by atomic mass is 35.5. The van der Waals surface area contributed by atoms with Gasteiger partial charge in [0.05, 0.1) is 16.3 Å². The molecule has 0 aliphatic rings. The van der Waals surface area contributed by atoms with Crippen LogP contribution in [0.2, 0.25) is 10.0 Å². The van der Waals surface area contributed by atoms with Gasteiger partial charge in [-0.1, -0.05) is 87.2 Å². The lowest BCUT2D eigenvalue weighted by Gasteiger charge is -2.08. The van der Waals surface area contributed by atoms with E-state index in [1.54, 1.807) is 24.3 Å². The predicted molar refractivity (Wildman–Crippen MR) is 138 cm³/mol. The third-order valence-corrected chi connectivity index (χ3v) is 5.89.